The zero-order chi connectivity index (χ0) is 13.8. The van der Waals surface area contributed by atoms with E-state index in [9.17, 15) is 4.79 Å². The molecule has 2 rings (SSSR count). The Bertz CT molecular complexity index is 308. The van der Waals surface area contributed by atoms with Gasteiger partial charge in [-0.1, -0.05) is 13.8 Å². The molecule has 2 saturated heterocycles. The van der Waals surface area contributed by atoms with Crippen LogP contribution in [0.3, 0.4) is 0 Å². The summed E-state index contributed by atoms with van der Waals surface area (Å²) in [6.45, 7) is 8.57. The van der Waals surface area contributed by atoms with E-state index in [2.05, 4.69) is 24.1 Å². The number of piperidine rings is 1. The van der Waals surface area contributed by atoms with Crippen molar-refractivity contribution in [1.29, 1.82) is 0 Å². The van der Waals surface area contributed by atoms with E-state index in [1.165, 1.54) is 32.2 Å². The highest BCUT2D eigenvalue weighted by Gasteiger charge is 2.32. The first-order valence-corrected chi connectivity index (χ1v) is 7.86. The molecule has 4 heteroatoms. The minimum atomic E-state index is 0.0372. The third kappa shape index (κ3) is 3.48. The number of likely N-dealkylation sites (tertiary alicyclic amines) is 1. The van der Waals surface area contributed by atoms with Crippen LogP contribution in [0.1, 0.15) is 39.5 Å². The van der Waals surface area contributed by atoms with Crippen molar-refractivity contribution in [2.75, 3.05) is 33.2 Å². The fourth-order valence-electron chi connectivity index (χ4n) is 3.54. The first-order chi connectivity index (χ1) is 9.13. The number of rotatable bonds is 4. The lowest BCUT2D eigenvalue weighted by molar-refractivity contribution is -0.134. The third-order valence-corrected chi connectivity index (χ3v) is 4.80. The van der Waals surface area contributed by atoms with Crippen molar-refractivity contribution < 1.29 is 4.79 Å². The predicted octanol–water partition coefficient (Wildman–Crippen LogP) is 1.32. The molecule has 0 spiro atoms. The minimum Gasteiger partial charge on any atom is -0.343 e. The average molecular weight is 267 g/mol. The Morgan fingerprint density at radius 2 is 2.16 bits per heavy atom. The summed E-state index contributed by atoms with van der Waals surface area (Å²) in [5, 5.41) is 3.39. The van der Waals surface area contributed by atoms with Crippen molar-refractivity contribution >= 4 is 5.91 Å². The maximum absolute atomic E-state index is 12.5. The monoisotopic (exact) mass is 267 g/mol. The van der Waals surface area contributed by atoms with Gasteiger partial charge in [-0.25, -0.2) is 0 Å². The number of hydrogen-bond donors (Lipinski definition) is 1. The van der Waals surface area contributed by atoms with E-state index in [1.54, 1.807) is 0 Å². The summed E-state index contributed by atoms with van der Waals surface area (Å²) in [6, 6.07) is 0.605. The second-order valence-electron chi connectivity index (χ2n) is 6.19. The number of nitrogens with zero attached hydrogens (tertiary/aromatic N) is 2. The van der Waals surface area contributed by atoms with Crippen LogP contribution in [0.2, 0.25) is 0 Å². The lowest BCUT2D eigenvalue weighted by Gasteiger charge is -2.34. The molecular weight excluding hydrogens is 238 g/mol. The minimum absolute atomic E-state index is 0.0372. The standard InChI is InChI=1S/C15H29N3O/c1-4-18-10-6-8-13(18)11-17(3)15(19)14-12(2)7-5-9-16-14/h12-14,16H,4-11H2,1-3H3. The molecule has 0 bridgehead atoms. The largest absolute Gasteiger partial charge is 0.343 e. The lowest BCUT2D eigenvalue weighted by atomic mass is 9.92. The topological polar surface area (TPSA) is 35.6 Å². The van der Waals surface area contributed by atoms with Gasteiger partial charge in [-0.3, -0.25) is 9.69 Å². The summed E-state index contributed by atoms with van der Waals surface area (Å²) >= 11 is 0. The van der Waals surface area contributed by atoms with Crippen molar-refractivity contribution in [3.8, 4) is 0 Å². The lowest BCUT2D eigenvalue weighted by Crippen LogP contribution is -2.53. The molecule has 0 saturated carbocycles. The van der Waals surface area contributed by atoms with Crippen LogP contribution < -0.4 is 5.32 Å². The molecule has 2 fully saturated rings. The van der Waals surface area contributed by atoms with Crippen molar-refractivity contribution in [3.05, 3.63) is 0 Å². The van der Waals surface area contributed by atoms with Gasteiger partial charge in [-0.05, 0) is 51.2 Å². The van der Waals surface area contributed by atoms with E-state index in [0.717, 1.165) is 19.6 Å². The summed E-state index contributed by atoms with van der Waals surface area (Å²) < 4.78 is 0. The molecule has 3 atom stereocenters. The highest BCUT2D eigenvalue weighted by atomic mass is 16.2. The first-order valence-electron chi connectivity index (χ1n) is 7.86. The molecular formula is C15H29N3O. The van der Waals surface area contributed by atoms with Gasteiger partial charge < -0.3 is 10.2 Å². The van der Waals surface area contributed by atoms with E-state index in [1.807, 2.05) is 11.9 Å². The zero-order valence-corrected chi connectivity index (χ0v) is 12.7. The molecule has 19 heavy (non-hydrogen) atoms. The maximum atomic E-state index is 12.5. The molecule has 0 aliphatic carbocycles. The van der Waals surface area contributed by atoms with Gasteiger partial charge >= 0.3 is 0 Å². The smallest absolute Gasteiger partial charge is 0.239 e. The van der Waals surface area contributed by atoms with Crippen LogP contribution >= 0.6 is 0 Å². The van der Waals surface area contributed by atoms with E-state index in [-0.39, 0.29) is 11.9 Å². The van der Waals surface area contributed by atoms with Crippen molar-refractivity contribution in [1.82, 2.24) is 15.1 Å². The molecule has 0 aromatic rings. The quantitative estimate of drug-likeness (QED) is 0.834. The van der Waals surface area contributed by atoms with E-state index in [0.29, 0.717) is 12.0 Å². The van der Waals surface area contributed by atoms with E-state index in [4.69, 9.17) is 0 Å². The SMILES string of the molecule is CCN1CCCC1CN(C)C(=O)C1NCCCC1C. The van der Waals surface area contributed by atoms with Gasteiger partial charge in [-0.2, -0.15) is 0 Å². The summed E-state index contributed by atoms with van der Waals surface area (Å²) in [5.41, 5.74) is 0. The van der Waals surface area contributed by atoms with Crippen LogP contribution in [0.25, 0.3) is 0 Å². The molecule has 0 aromatic heterocycles. The first kappa shape index (κ1) is 14.8. The van der Waals surface area contributed by atoms with Crippen molar-refractivity contribution in [2.24, 2.45) is 5.92 Å². The Labute approximate surface area is 117 Å². The van der Waals surface area contributed by atoms with Gasteiger partial charge in [0.25, 0.3) is 0 Å². The number of hydrogen-bond acceptors (Lipinski definition) is 3. The highest BCUT2D eigenvalue weighted by molar-refractivity contribution is 5.82. The van der Waals surface area contributed by atoms with Gasteiger partial charge in [0, 0.05) is 19.6 Å². The summed E-state index contributed by atoms with van der Waals surface area (Å²) in [5.74, 6) is 0.754. The molecule has 0 aromatic carbocycles. The number of amides is 1. The Morgan fingerprint density at radius 1 is 1.37 bits per heavy atom. The second-order valence-corrected chi connectivity index (χ2v) is 6.19. The van der Waals surface area contributed by atoms with Crippen LogP contribution in [0.5, 0.6) is 0 Å². The van der Waals surface area contributed by atoms with Crippen molar-refractivity contribution in [3.63, 3.8) is 0 Å². The Kier molecular flexibility index (Phi) is 5.22. The Hall–Kier alpha value is -0.610. The summed E-state index contributed by atoms with van der Waals surface area (Å²) in [4.78, 5) is 17.0. The molecule has 2 aliphatic rings. The summed E-state index contributed by atoms with van der Waals surface area (Å²) in [6.07, 6.45) is 4.88. The number of likely N-dealkylation sites (N-methyl/N-ethyl adjacent to an activating group) is 2. The van der Waals surface area contributed by atoms with E-state index < -0.39 is 0 Å². The van der Waals surface area contributed by atoms with Gasteiger partial charge in [0.05, 0.1) is 6.04 Å². The normalized spacial score (nSPS) is 32.5. The van der Waals surface area contributed by atoms with Gasteiger partial charge in [0.2, 0.25) is 5.91 Å². The molecule has 1 amide bonds. The number of nitrogens with one attached hydrogen (secondary N) is 1. The number of carbonyl (C=O) groups is 1. The zero-order valence-electron chi connectivity index (χ0n) is 12.7. The van der Waals surface area contributed by atoms with Gasteiger partial charge in [-0.15, -0.1) is 0 Å². The molecule has 3 unspecified atom stereocenters. The van der Waals surface area contributed by atoms with Gasteiger partial charge in [0.1, 0.15) is 0 Å². The Balaban J connectivity index is 1.88. The fraction of sp³-hybridized carbons (Fsp3) is 0.933. The van der Waals surface area contributed by atoms with Crippen LogP contribution in [-0.4, -0.2) is 61.0 Å². The molecule has 2 heterocycles. The molecule has 110 valence electrons. The second kappa shape index (κ2) is 6.71. The predicted molar refractivity (Wildman–Crippen MR) is 78.1 cm³/mol. The molecule has 1 N–H and O–H groups in total. The van der Waals surface area contributed by atoms with Crippen LogP contribution in [-0.2, 0) is 4.79 Å². The molecule has 4 nitrogen and oxygen atoms in total. The Morgan fingerprint density at radius 3 is 2.84 bits per heavy atom. The molecule has 2 aliphatic heterocycles. The number of carbonyl (C=O) groups excluding carboxylic acids is 1. The van der Waals surface area contributed by atoms with E-state index >= 15 is 0 Å². The third-order valence-electron chi connectivity index (χ3n) is 4.80. The maximum Gasteiger partial charge on any atom is 0.239 e. The fourth-order valence-corrected chi connectivity index (χ4v) is 3.54. The molecule has 0 radical (unpaired) electrons. The summed E-state index contributed by atoms with van der Waals surface area (Å²) in [7, 11) is 1.97. The van der Waals surface area contributed by atoms with Crippen LogP contribution in [0.15, 0.2) is 0 Å². The average Bonchev–Trinajstić information content (AvgIpc) is 2.85. The van der Waals surface area contributed by atoms with Crippen molar-refractivity contribution in [2.45, 2.75) is 51.6 Å². The van der Waals surface area contributed by atoms with Crippen LogP contribution in [0, 0.1) is 5.92 Å². The highest BCUT2D eigenvalue weighted by Crippen LogP contribution is 2.20. The van der Waals surface area contributed by atoms with Crippen LogP contribution in [0.4, 0.5) is 0 Å². The van der Waals surface area contributed by atoms with Gasteiger partial charge in [0.15, 0.2) is 0 Å².